The van der Waals surface area contributed by atoms with E-state index in [-0.39, 0.29) is 23.3 Å². The van der Waals surface area contributed by atoms with Gasteiger partial charge in [-0.3, -0.25) is 4.79 Å². The molecule has 1 heterocycles. The number of alkyl halides is 3. The molecule has 0 spiro atoms. The van der Waals surface area contributed by atoms with Crippen LogP contribution in [0.5, 0.6) is 5.75 Å². The molecule has 1 aliphatic carbocycles. The first-order valence-corrected chi connectivity index (χ1v) is 10.0. The number of ether oxygens (including phenoxy) is 1. The van der Waals surface area contributed by atoms with Crippen molar-refractivity contribution in [3.63, 3.8) is 0 Å². The number of methoxy groups -OCH3 is 1. The lowest BCUT2D eigenvalue weighted by Crippen LogP contribution is -2.22. The number of nitrogens with zero attached hydrogens (tertiary/aromatic N) is 2. The van der Waals surface area contributed by atoms with Gasteiger partial charge in [-0.1, -0.05) is 13.0 Å². The number of Topliss-reactive ketones (excluding diaryl/α,β-unsaturated/α-hetero) is 1. The van der Waals surface area contributed by atoms with E-state index in [2.05, 4.69) is 20.6 Å². The topological polar surface area (TPSA) is 76.1 Å². The van der Waals surface area contributed by atoms with Crippen LogP contribution in [0.1, 0.15) is 35.0 Å². The fourth-order valence-corrected chi connectivity index (χ4v) is 3.63. The Morgan fingerprint density at radius 3 is 2.44 bits per heavy atom. The minimum absolute atomic E-state index is 0.0691. The van der Waals surface area contributed by atoms with E-state index < -0.39 is 11.7 Å². The number of halogens is 3. The molecular weight excluding hydrogens is 421 g/mol. The molecule has 0 radical (unpaired) electrons. The third-order valence-electron chi connectivity index (χ3n) is 5.14. The van der Waals surface area contributed by atoms with E-state index >= 15 is 0 Å². The Labute approximate surface area is 182 Å². The minimum atomic E-state index is -4.46. The van der Waals surface area contributed by atoms with E-state index in [9.17, 15) is 18.0 Å². The zero-order valence-electron chi connectivity index (χ0n) is 17.5. The van der Waals surface area contributed by atoms with Crippen molar-refractivity contribution < 1.29 is 22.7 Å². The van der Waals surface area contributed by atoms with E-state index in [1.165, 1.54) is 12.1 Å². The molecule has 0 saturated carbocycles. The third-order valence-corrected chi connectivity index (χ3v) is 5.14. The summed E-state index contributed by atoms with van der Waals surface area (Å²) in [4.78, 5) is 21.6. The van der Waals surface area contributed by atoms with Crippen LogP contribution in [0, 0.1) is 5.92 Å². The molecule has 6 nitrogen and oxygen atoms in total. The van der Waals surface area contributed by atoms with Crippen LogP contribution in [-0.4, -0.2) is 22.9 Å². The van der Waals surface area contributed by atoms with E-state index in [0.717, 1.165) is 12.1 Å². The second kappa shape index (κ2) is 8.49. The lowest BCUT2D eigenvalue weighted by atomic mass is 9.87. The molecule has 166 valence electrons. The van der Waals surface area contributed by atoms with Gasteiger partial charge in [-0.2, -0.15) is 18.2 Å². The number of benzene rings is 2. The molecule has 0 aliphatic heterocycles. The summed E-state index contributed by atoms with van der Waals surface area (Å²) in [6.45, 7) is 1.96. The van der Waals surface area contributed by atoms with Gasteiger partial charge in [-0.05, 0) is 54.8 Å². The van der Waals surface area contributed by atoms with Gasteiger partial charge >= 0.3 is 6.18 Å². The van der Waals surface area contributed by atoms with E-state index in [4.69, 9.17) is 4.74 Å². The molecule has 2 aromatic carbocycles. The first-order valence-electron chi connectivity index (χ1n) is 10.0. The van der Waals surface area contributed by atoms with Crippen LogP contribution in [0.2, 0.25) is 0 Å². The quantitative estimate of drug-likeness (QED) is 0.524. The maximum Gasteiger partial charge on any atom is 0.416 e. The maximum absolute atomic E-state index is 13.1. The summed E-state index contributed by atoms with van der Waals surface area (Å²) < 4.78 is 44.3. The molecule has 32 heavy (non-hydrogen) atoms. The molecule has 9 heteroatoms. The van der Waals surface area contributed by atoms with Crippen molar-refractivity contribution in [3.8, 4) is 5.75 Å². The van der Waals surface area contributed by atoms with E-state index in [1.54, 1.807) is 31.4 Å². The molecule has 0 fully saturated rings. The maximum atomic E-state index is 13.1. The van der Waals surface area contributed by atoms with Gasteiger partial charge in [0.1, 0.15) is 11.6 Å². The summed E-state index contributed by atoms with van der Waals surface area (Å²) in [5.74, 6) is 1.14. The average Bonchev–Trinajstić information content (AvgIpc) is 2.73. The number of nitrogens with one attached hydrogen (secondary N) is 2. The molecule has 1 aromatic heterocycles. The largest absolute Gasteiger partial charge is 0.497 e. The first-order chi connectivity index (χ1) is 15.2. The van der Waals surface area contributed by atoms with Crippen molar-refractivity contribution in [1.29, 1.82) is 0 Å². The number of anilines is 4. The number of ketones is 1. The normalized spacial score (nSPS) is 15.8. The van der Waals surface area contributed by atoms with Crippen LogP contribution in [-0.2, 0) is 12.6 Å². The SMILES string of the molecule is COc1ccc(Nc2nc(Nc3cccc(C(F)(F)F)c3)nc3c2C(=O)CC(C)C3)cc1. The van der Waals surface area contributed by atoms with E-state index in [0.29, 0.717) is 41.4 Å². The number of fused-ring (bicyclic) bond motifs is 1. The Balaban J connectivity index is 1.71. The molecular formula is C23H21F3N4O2. The van der Waals surface area contributed by atoms with Gasteiger partial charge in [0.15, 0.2) is 5.78 Å². The number of aromatic nitrogens is 2. The van der Waals surface area contributed by atoms with Crippen molar-refractivity contribution in [2.45, 2.75) is 25.9 Å². The minimum Gasteiger partial charge on any atom is -0.497 e. The summed E-state index contributed by atoms with van der Waals surface area (Å²) in [5.41, 5.74) is 1.08. The van der Waals surface area contributed by atoms with E-state index in [1.807, 2.05) is 6.92 Å². The Hall–Kier alpha value is -3.62. The second-order valence-corrected chi connectivity index (χ2v) is 7.71. The van der Waals surface area contributed by atoms with Crippen LogP contribution in [0.25, 0.3) is 0 Å². The van der Waals surface area contributed by atoms with Crippen molar-refractivity contribution in [1.82, 2.24) is 9.97 Å². The van der Waals surface area contributed by atoms with Crippen LogP contribution >= 0.6 is 0 Å². The zero-order valence-corrected chi connectivity index (χ0v) is 17.5. The van der Waals surface area contributed by atoms with Crippen molar-refractivity contribution in [3.05, 3.63) is 65.4 Å². The Bertz CT molecular complexity index is 1150. The molecule has 1 atom stereocenters. The van der Waals surface area contributed by atoms with Crippen LogP contribution in [0.4, 0.5) is 36.3 Å². The fraction of sp³-hybridized carbons (Fsp3) is 0.261. The molecule has 0 amide bonds. The van der Waals surface area contributed by atoms with Gasteiger partial charge in [-0.15, -0.1) is 0 Å². The summed E-state index contributed by atoms with van der Waals surface area (Å²) in [6, 6.07) is 11.9. The summed E-state index contributed by atoms with van der Waals surface area (Å²) in [5, 5.41) is 5.99. The Morgan fingerprint density at radius 1 is 1.00 bits per heavy atom. The lowest BCUT2D eigenvalue weighted by Gasteiger charge is -2.23. The predicted octanol–water partition coefficient (Wildman–Crippen LogP) is 5.76. The van der Waals surface area contributed by atoms with Gasteiger partial charge in [0.25, 0.3) is 0 Å². The van der Waals surface area contributed by atoms with Gasteiger partial charge in [0.2, 0.25) is 5.95 Å². The van der Waals surface area contributed by atoms with Gasteiger partial charge in [0, 0.05) is 17.8 Å². The van der Waals surface area contributed by atoms with Gasteiger partial charge < -0.3 is 15.4 Å². The lowest BCUT2D eigenvalue weighted by molar-refractivity contribution is -0.137. The smallest absolute Gasteiger partial charge is 0.416 e. The molecule has 3 aromatic rings. The monoisotopic (exact) mass is 442 g/mol. The first kappa shape index (κ1) is 21.6. The zero-order chi connectivity index (χ0) is 22.9. The standard InChI is InChI=1S/C23H21F3N4O2/c1-13-10-18-20(19(31)11-13)21(27-15-6-8-17(32-2)9-7-15)30-22(29-18)28-16-5-3-4-14(12-16)23(24,25)26/h3-9,12-13H,10-11H2,1-2H3,(H2,27,28,29,30). The number of rotatable bonds is 5. The number of carbonyl (C=O) groups excluding carboxylic acids is 1. The fourth-order valence-electron chi connectivity index (χ4n) is 3.63. The highest BCUT2D eigenvalue weighted by Crippen LogP contribution is 2.34. The summed E-state index contributed by atoms with van der Waals surface area (Å²) >= 11 is 0. The molecule has 2 N–H and O–H groups in total. The van der Waals surface area contributed by atoms with Crippen LogP contribution in [0.3, 0.4) is 0 Å². The van der Waals surface area contributed by atoms with Crippen molar-refractivity contribution >= 4 is 28.9 Å². The average molecular weight is 442 g/mol. The summed E-state index contributed by atoms with van der Waals surface area (Å²) in [7, 11) is 1.56. The van der Waals surface area contributed by atoms with Gasteiger partial charge in [-0.25, -0.2) is 4.98 Å². The predicted molar refractivity (Wildman–Crippen MR) is 115 cm³/mol. The van der Waals surface area contributed by atoms with Crippen molar-refractivity contribution in [2.75, 3.05) is 17.7 Å². The highest BCUT2D eigenvalue weighted by molar-refractivity contribution is 6.03. The van der Waals surface area contributed by atoms with Crippen LogP contribution in [0.15, 0.2) is 48.5 Å². The Morgan fingerprint density at radius 2 is 1.75 bits per heavy atom. The summed E-state index contributed by atoms with van der Waals surface area (Å²) in [6.07, 6.45) is -3.51. The van der Waals surface area contributed by atoms with Gasteiger partial charge in [0.05, 0.1) is 23.9 Å². The highest BCUT2D eigenvalue weighted by Gasteiger charge is 2.31. The van der Waals surface area contributed by atoms with Crippen molar-refractivity contribution in [2.24, 2.45) is 5.92 Å². The molecule has 0 bridgehead atoms. The molecule has 1 unspecified atom stereocenters. The third kappa shape index (κ3) is 4.66. The molecule has 0 saturated heterocycles. The highest BCUT2D eigenvalue weighted by atomic mass is 19.4. The van der Waals surface area contributed by atoms with Crippen LogP contribution < -0.4 is 15.4 Å². The Kier molecular flexibility index (Phi) is 5.73. The number of carbonyl (C=O) groups is 1. The number of hydrogen-bond donors (Lipinski definition) is 2. The second-order valence-electron chi connectivity index (χ2n) is 7.71. The number of hydrogen-bond acceptors (Lipinski definition) is 6. The molecule has 1 aliphatic rings. The molecule has 4 rings (SSSR count).